The van der Waals surface area contributed by atoms with Crippen molar-refractivity contribution in [2.75, 3.05) is 13.2 Å². The molecule has 1 aliphatic rings. The second kappa shape index (κ2) is 6.54. The Balaban J connectivity index is 2.01. The van der Waals surface area contributed by atoms with Crippen LogP contribution in [0.15, 0.2) is 36.7 Å². The first-order valence-corrected chi connectivity index (χ1v) is 7.99. The van der Waals surface area contributed by atoms with E-state index in [-0.39, 0.29) is 12.1 Å². The van der Waals surface area contributed by atoms with Crippen LogP contribution in [-0.2, 0) is 4.74 Å². The zero-order chi connectivity index (χ0) is 14.7. The van der Waals surface area contributed by atoms with Crippen LogP contribution in [0, 0.1) is 5.92 Å². The number of hydrogen-bond acceptors (Lipinski definition) is 3. The van der Waals surface area contributed by atoms with Crippen LogP contribution in [0.2, 0.25) is 0 Å². The molecule has 3 heteroatoms. The molecule has 0 spiro atoms. The Morgan fingerprint density at radius 3 is 3.05 bits per heavy atom. The predicted octanol–water partition coefficient (Wildman–Crippen LogP) is 3.70. The van der Waals surface area contributed by atoms with E-state index in [0.717, 1.165) is 26.0 Å². The summed E-state index contributed by atoms with van der Waals surface area (Å²) in [4.78, 5) is 4.24. The first-order chi connectivity index (χ1) is 10.3. The number of aromatic nitrogens is 1. The van der Waals surface area contributed by atoms with Crippen LogP contribution in [0.3, 0.4) is 0 Å². The van der Waals surface area contributed by atoms with Gasteiger partial charge in [-0.3, -0.25) is 4.98 Å². The minimum atomic E-state index is 0.258. The van der Waals surface area contributed by atoms with E-state index >= 15 is 0 Å². The number of fused-ring (bicyclic) bond motifs is 1. The molecule has 21 heavy (non-hydrogen) atoms. The molecule has 1 saturated heterocycles. The van der Waals surface area contributed by atoms with Gasteiger partial charge in [-0.2, -0.15) is 0 Å². The minimum absolute atomic E-state index is 0.258. The highest BCUT2D eigenvalue weighted by Gasteiger charge is 2.33. The molecule has 1 aromatic heterocycles. The Hall–Kier alpha value is -1.45. The summed E-state index contributed by atoms with van der Waals surface area (Å²) >= 11 is 0. The van der Waals surface area contributed by atoms with Gasteiger partial charge in [0.25, 0.3) is 0 Å². The van der Waals surface area contributed by atoms with Gasteiger partial charge in [-0.1, -0.05) is 32.0 Å². The van der Waals surface area contributed by atoms with Gasteiger partial charge in [-0.25, -0.2) is 0 Å². The van der Waals surface area contributed by atoms with Crippen LogP contribution in [0.5, 0.6) is 0 Å². The molecule has 0 saturated carbocycles. The molecule has 112 valence electrons. The van der Waals surface area contributed by atoms with Gasteiger partial charge in [0.15, 0.2) is 0 Å². The van der Waals surface area contributed by atoms with E-state index < -0.39 is 0 Å². The van der Waals surface area contributed by atoms with Crippen molar-refractivity contribution in [3.8, 4) is 0 Å². The number of benzene rings is 1. The maximum Gasteiger partial charge on any atom is 0.0796 e. The molecular formula is C18H24N2O. The molecule has 2 heterocycles. The highest BCUT2D eigenvalue weighted by atomic mass is 16.5. The van der Waals surface area contributed by atoms with Crippen LogP contribution in [0.4, 0.5) is 0 Å². The number of nitrogens with one attached hydrogen (secondary N) is 1. The summed E-state index contributed by atoms with van der Waals surface area (Å²) in [6, 6.07) is 8.85. The van der Waals surface area contributed by atoms with Crippen molar-refractivity contribution >= 4 is 10.8 Å². The van der Waals surface area contributed by atoms with E-state index in [1.54, 1.807) is 0 Å². The molecule has 1 N–H and O–H groups in total. The van der Waals surface area contributed by atoms with E-state index in [0.29, 0.717) is 5.92 Å². The molecule has 3 nitrogen and oxygen atoms in total. The third-order valence-corrected chi connectivity index (χ3v) is 4.44. The summed E-state index contributed by atoms with van der Waals surface area (Å²) < 4.78 is 6.05. The minimum Gasteiger partial charge on any atom is -0.376 e. The molecule has 0 aliphatic carbocycles. The molecule has 3 rings (SSSR count). The van der Waals surface area contributed by atoms with Crippen molar-refractivity contribution in [3.63, 3.8) is 0 Å². The van der Waals surface area contributed by atoms with Gasteiger partial charge in [0.05, 0.1) is 12.1 Å². The third-order valence-electron chi connectivity index (χ3n) is 4.44. The third kappa shape index (κ3) is 2.94. The topological polar surface area (TPSA) is 34.2 Å². The van der Waals surface area contributed by atoms with Gasteiger partial charge in [-0.05, 0) is 42.3 Å². The Morgan fingerprint density at radius 2 is 2.29 bits per heavy atom. The molecule has 3 atom stereocenters. The van der Waals surface area contributed by atoms with Crippen molar-refractivity contribution in [2.24, 2.45) is 5.92 Å². The fraction of sp³-hybridized carbons (Fsp3) is 0.500. The van der Waals surface area contributed by atoms with E-state index in [2.05, 4.69) is 48.4 Å². The van der Waals surface area contributed by atoms with Crippen LogP contribution in [-0.4, -0.2) is 24.2 Å². The molecule has 1 fully saturated rings. The largest absolute Gasteiger partial charge is 0.376 e. The van der Waals surface area contributed by atoms with Gasteiger partial charge in [0.2, 0.25) is 0 Å². The Kier molecular flexibility index (Phi) is 4.51. The fourth-order valence-corrected chi connectivity index (χ4v) is 3.27. The Morgan fingerprint density at radius 1 is 1.38 bits per heavy atom. The predicted molar refractivity (Wildman–Crippen MR) is 86.3 cm³/mol. The van der Waals surface area contributed by atoms with Gasteiger partial charge < -0.3 is 10.1 Å². The first kappa shape index (κ1) is 14.5. The van der Waals surface area contributed by atoms with E-state index in [4.69, 9.17) is 4.74 Å². The molecular weight excluding hydrogens is 260 g/mol. The van der Waals surface area contributed by atoms with Crippen molar-refractivity contribution in [1.82, 2.24) is 10.3 Å². The average molecular weight is 284 g/mol. The lowest BCUT2D eigenvalue weighted by Gasteiger charge is -2.28. The van der Waals surface area contributed by atoms with Crippen LogP contribution in [0.25, 0.3) is 10.8 Å². The fourth-order valence-electron chi connectivity index (χ4n) is 3.27. The molecule has 3 unspecified atom stereocenters. The number of pyridine rings is 1. The quantitative estimate of drug-likeness (QED) is 0.909. The SMILES string of the molecule is CCCNC(c1cccc2cnccc12)C1OCCC1C. The van der Waals surface area contributed by atoms with Crippen LogP contribution < -0.4 is 5.32 Å². The number of nitrogens with zero attached hydrogens (tertiary/aromatic N) is 1. The number of rotatable bonds is 5. The summed E-state index contributed by atoms with van der Waals surface area (Å²) in [5.41, 5.74) is 1.34. The van der Waals surface area contributed by atoms with Crippen molar-refractivity contribution in [2.45, 2.75) is 38.8 Å². The molecule has 0 amide bonds. The lowest BCUT2D eigenvalue weighted by atomic mass is 9.90. The van der Waals surface area contributed by atoms with Crippen LogP contribution in [0.1, 0.15) is 38.3 Å². The Bertz CT molecular complexity index is 593. The highest BCUT2D eigenvalue weighted by Crippen LogP contribution is 2.34. The van der Waals surface area contributed by atoms with Gasteiger partial charge in [0, 0.05) is 24.4 Å². The van der Waals surface area contributed by atoms with Crippen molar-refractivity contribution < 1.29 is 4.74 Å². The second-order valence-electron chi connectivity index (χ2n) is 5.98. The normalized spacial score (nSPS) is 23.5. The summed E-state index contributed by atoms with van der Waals surface area (Å²) in [6.07, 6.45) is 6.36. The van der Waals surface area contributed by atoms with Crippen LogP contribution >= 0.6 is 0 Å². The lowest BCUT2D eigenvalue weighted by molar-refractivity contribution is 0.0611. The average Bonchev–Trinajstić information content (AvgIpc) is 2.94. The van der Waals surface area contributed by atoms with Gasteiger partial charge >= 0.3 is 0 Å². The molecule has 0 bridgehead atoms. The smallest absolute Gasteiger partial charge is 0.0796 e. The maximum absolute atomic E-state index is 6.05. The molecule has 0 radical (unpaired) electrons. The Labute approximate surface area is 126 Å². The summed E-state index contributed by atoms with van der Waals surface area (Å²) in [6.45, 7) is 6.39. The first-order valence-electron chi connectivity index (χ1n) is 7.99. The van der Waals surface area contributed by atoms with Gasteiger partial charge in [-0.15, -0.1) is 0 Å². The zero-order valence-electron chi connectivity index (χ0n) is 12.9. The summed E-state index contributed by atoms with van der Waals surface area (Å²) in [5.74, 6) is 0.594. The number of hydrogen-bond donors (Lipinski definition) is 1. The molecule has 1 aromatic carbocycles. The molecule has 1 aliphatic heterocycles. The monoisotopic (exact) mass is 284 g/mol. The van der Waals surface area contributed by atoms with Crippen molar-refractivity contribution in [3.05, 3.63) is 42.2 Å². The van der Waals surface area contributed by atoms with E-state index in [1.165, 1.54) is 16.3 Å². The van der Waals surface area contributed by atoms with Crippen molar-refractivity contribution in [1.29, 1.82) is 0 Å². The zero-order valence-corrected chi connectivity index (χ0v) is 12.9. The highest BCUT2D eigenvalue weighted by molar-refractivity contribution is 5.85. The number of ether oxygens (including phenoxy) is 1. The van der Waals surface area contributed by atoms with E-state index in [9.17, 15) is 0 Å². The van der Waals surface area contributed by atoms with Gasteiger partial charge in [0.1, 0.15) is 0 Å². The maximum atomic E-state index is 6.05. The summed E-state index contributed by atoms with van der Waals surface area (Å²) in [5, 5.41) is 6.18. The van der Waals surface area contributed by atoms with E-state index in [1.807, 2.05) is 12.4 Å². The molecule has 2 aromatic rings. The lowest BCUT2D eigenvalue weighted by Crippen LogP contribution is -2.35. The standard InChI is InChI=1S/C18H24N2O/c1-3-9-20-17(18-13(2)8-11-21-18)16-6-4-5-14-12-19-10-7-15(14)16/h4-7,10,12-13,17-18,20H,3,8-9,11H2,1-2H3. The second-order valence-corrected chi connectivity index (χ2v) is 5.98. The summed E-state index contributed by atoms with van der Waals surface area (Å²) in [7, 11) is 0.